The zero-order chi connectivity index (χ0) is 10.1. The van der Waals surface area contributed by atoms with Crippen LogP contribution < -0.4 is 5.32 Å². The summed E-state index contributed by atoms with van der Waals surface area (Å²) in [6.07, 6.45) is 4.66. The van der Waals surface area contributed by atoms with E-state index in [1.165, 1.54) is 0 Å². The van der Waals surface area contributed by atoms with Crippen molar-refractivity contribution in [3.05, 3.63) is 0 Å². The molecule has 0 radical (unpaired) electrons. The van der Waals surface area contributed by atoms with Crippen LogP contribution in [0.1, 0.15) is 39.0 Å². The number of carbonyl (C=O) groups is 1. The van der Waals surface area contributed by atoms with Gasteiger partial charge in [-0.15, -0.1) is 0 Å². The van der Waals surface area contributed by atoms with Crippen LogP contribution in [0.25, 0.3) is 0 Å². The molecule has 0 bridgehead atoms. The number of nitrogens with one attached hydrogen (secondary N) is 1. The highest BCUT2D eigenvalue weighted by Gasteiger charge is 2.33. The molecule has 3 atom stereocenters. The third kappa shape index (κ3) is 2.27. The molecule has 2 N–H and O–H groups in total. The Morgan fingerprint density at radius 1 is 1.29 bits per heavy atom. The van der Waals surface area contributed by atoms with E-state index in [2.05, 4.69) is 12.2 Å². The molecule has 0 aromatic carbocycles. The van der Waals surface area contributed by atoms with Gasteiger partial charge in [0.2, 0.25) is 5.91 Å². The van der Waals surface area contributed by atoms with E-state index in [-0.39, 0.29) is 24.0 Å². The minimum atomic E-state index is -0.228. The third-order valence-corrected chi connectivity index (χ3v) is 3.45. The van der Waals surface area contributed by atoms with Crippen molar-refractivity contribution >= 4 is 5.91 Å². The summed E-state index contributed by atoms with van der Waals surface area (Å²) in [6, 6.07) is 0.217. The molecule has 2 aliphatic carbocycles. The molecule has 14 heavy (non-hydrogen) atoms. The van der Waals surface area contributed by atoms with Gasteiger partial charge in [-0.05, 0) is 38.0 Å². The number of carbonyl (C=O) groups excluding carboxylic acids is 1. The van der Waals surface area contributed by atoms with Crippen molar-refractivity contribution in [1.82, 2.24) is 5.32 Å². The Morgan fingerprint density at radius 2 is 2.00 bits per heavy atom. The second-order valence-electron chi connectivity index (χ2n) is 4.84. The first-order valence-corrected chi connectivity index (χ1v) is 5.65. The van der Waals surface area contributed by atoms with Crippen molar-refractivity contribution in [2.45, 2.75) is 51.2 Å². The summed E-state index contributed by atoms with van der Waals surface area (Å²) < 4.78 is 0. The maximum atomic E-state index is 11.5. The van der Waals surface area contributed by atoms with Gasteiger partial charge < -0.3 is 10.4 Å². The molecule has 0 heterocycles. The van der Waals surface area contributed by atoms with Crippen LogP contribution in [0.5, 0.6) is 0 Å². The van der Waals surface area contributed by atoms with Gasteiger partial charge in [0.1, 0.15) is 0 Å². The fraction of sp³-hybridized carbons (Fsp3) is 0.909. The van der Waals surface area contributed by atoms with E-state index in [1.54, 1.807) is 0 Å². The maximum Gasteiger partial charge on any atom is 0.223 e. The van der Waals surface area contributed by atoms with Crippen molar-refractivity contribution in [3.8, 4) is 0 Å². The van der Waals surface area contributed by atoms with Gasteiger partial charge in [-0.3, -0.25) is 4.79 Å². The van der Waals surface area contributed by atoms with E-state index in [1.807, 2.05) is 0 Å². The first-order valence-electron chi connectivity index (χ1n) is 5.65. The average Bonchev–Trinajstić information content (AvgIpc) is 2.94. The number of hydrogen-bond acceptors (Lipinski definition) is 2. The lowest BCUT2D eigenvalue weighted by atomic mass is 9.85. The molecule has 2 fully saturated rings. The predicted molar refractivity (Wildman–Crippen MR) is 53.7 cm³/mol. The van der Waals surface area contributed by atoms with Crippen LogP contribution in [-0.2, 0) is 4.79 Å². The van der Waals surface area contributed by atoms with Gasteiger partial charge in [-0.2, -0.15) is 0 Å². The minimum Gasteiger partial charge on any atom is -0.393 e. The molecule has 0 aromatic rings. The Hall–Kier alpha value is -0.570. The zero-order valence-electron chi connectivity index (χ0n) is 8.70. The lowest BCUT2D eigenvalue weighted by molar-refractivity contribution is -0.123. The number of aliphatic hydroxyl groups excluding tert-OH is 1. The second kappa shape index (κ2) is 3.89. The fourth-order valence-corrected chi connectivity index (χ4v) is 2.09. The van der Waals surface area contributed by atoms with Crippen molar-refractivity contribution in [3.63, 3.8) is 0 Å². The molecule has 0 aliphatic heterocycles. The molecular formula is C11H19NO2. The van der Waals surface area contributed by atoms with Crippen LogP contribution in [0.15, 0.2) is 0 Å². The largest absolute Gasteiger partial charge is 0.393 e. The van der Waals surface area contributed by atoms with E-state index >= 15 is 0 Å². The van der Waals surface area contributed by atoms with Crippen molar-refractivity contribution in [2.75, 3.05) is 0 Å². The quantitative estimate of drug-likeness (QED) is 0.695. The highest BCUT2D eigenvalue weighted by atomic mass is 16.3. The third-order valence-electron chi connectivity index (χ3n) is 3.45. The highest BCUT2D eigenvalue weighted by molar-refractivity contribution is 5.81. The monoisotopic (exact) mass is 197 g/mol. The van der Waals surface area contributed by atoms with Crippen LogP contribution in [0, 0.1) is 11.8 Å². The van der Waals surface area contributed by atoms with Crippen molar-refractivity contribution < 1.29 is 9.90 Å². The smallest absolute Gasteiger partial charge is 0.223 e. The molecule has 3 nitrogen and oxygen atoms in total. The Kier molecular flexibility index (Phi) is 2.77. The van der Waals surface area contributed by atoms with E-state index in [0.717, 1.165) is 32.1 Å². The van der Waals surface area contributed by atoms with E-state index in [9.17, 15) is 9.90 Å². The topological polar surface area (TPSA) is 49.3 Å². The summed E-state index contributed by atoms with van der Waals surface area (Å²) in [6.45, 7) is 2.07. The Bertz CT molecular complexity index is 225. The first kappa shape index (κ1) is 9.97. The predicted octanol–water partition coefficient (Wildman–Crippen LogP) is 1.06. The summed E-state index contributed by atoms with van der Waals surface area (Å²) in [5.74, 6) is 0.882. The molecular weight excluding hydrogens is 178 g/mol. The van der Waals surface area contributed by atoms with Gasteiger partial charge in [0, 0.05) is 12.0 Å². The van der Waals surface area contributed by atoms with Crippen LogP contribution in [0.3, 0.4) is 0 Å². The minimum absolute atomic E-state index is 0.205. The molecule has 0 saturated heterocycles. The Labute approximate surface area is 84.9 Å². The van der Waals surface area contributed by atoms with Gasteiger partial charge >= 0.3 is 0 Å². The van der Waals surface area contributed by atoms with Crippen LogP contribution >= 0.6 is 0 Å². The summed E-state index contributed by atoms with van der Waals surface area (Å²) in [5.41, 5.74) is 0. The standard InChI is InChI=1S/C11H19NO2/c1-7-2-5-9(6-10(7)13)12-11(14)8-3-4-8/h7-10,13H,2-6H2,1H3,(H,12,14)/t7-,9-,10-/m1/s1. The molecule has 0 spiro atoms. The lowest BCUT2D eigenvalue weighted by Crippen LogP contribution is -2.42. The fourth-order valence-electron chi connectivity index (χ4n) is 2.09. The van der Waals surface area contributed by atoms with Crippen molar-refractivity contribution in [1.29, 1.82) is 0 Å². The van der Waals surface area contributed by atoms with Gasteiger partial charge in [0.05, 0.1) is 6.10 Å². The number of hydrogen-bond donors (Lipinski definition) is 2. The molecule has 1 amide bonds. The van der Waals surface area contributed by atoms with Crippen molar-refractivity contribution in [2.24, 2.45) is 11.8 Å². The first-order chi connectivity index (χ1) is 6.66. The van der Waals surface area contributed by atoms with Gasteiger partial charge in [-0.1, -0.05) is 6.92 Å². The van der Waals surface area contributed by atoms with E-state index in [0.29, 0.717) is 5.92 Å². The van der Waals surface area contributed by atoms with E-state index in [4.69, 9.17) is 0 Å². The lowest BCUT2D eigenvalue weighted by Gasteiger charge is -2.31. The Balaban J connectivity index is 1.78. The average molecular weight is 197 g/mol. The summed E-state index contributed by atoms with van der Waals surface area (Å²) in [7, 11) is 0. The molecule has 0 aromatic heterocycles. The molecule has 3 heteroatoms. The summed E-state index contributed by atoms with van der Waals surface area (Å²) >= 11 is 0. The van der Waals surface area contributed by atoms with Crippen LogP contribution in [-0.4, -0.2) is 23.2 Å². The molecule has 2 rings (SSSR count). The van der Waals surface area contributed by atoms with Gasteiger partial charge in [0.15, 0.2) is 0 Å². The summed E-state index contributed by atoms with van der Waals surface area (Å²) in [4.78, 5) is 11.5. The van der Waals surface area contributed by atoms with Gasteiger partial charge in [-0.25, -0.2) is 0 Å². The zero-order valence-corrected chi connectivity index (χ0v) is 8.70. The molecule has 0 unspecified atom stereocenters. The number of rotatable bonds is 2. The van der Waals surface area contributed by atoms with Gasteiger partial charge in [0.25, 0.3) is 0 Å². The highest BCUT2D eigenvalue weighted by Crippen LogP contribution is 2.30. The molecule has 2 saturated carbocycles. The maximum absolute atomic E-state index is 11.5. The van der Waals surface area contributed by atoms with Crippen LogP contribution in [0.4, 0.5) is 0 Å². The molecule has 2 aliphatic rings. The Morgan fingerprint density at radius 3 is 2.57 bits per heavy atom. The molecule has 80 valence electrons. The second-order valence-corrected chi connectivity index (χ2v) is 4.84. The summed E-state index contributed by atoms with van der Waals surface area (Å²) in [5, 5.41) is 12.7. The van der Waals surface area contributed by atoms with Crippen LogP contribution in [0.2, 0.25) is 0 Å². The number of aliphatic hydroxyl groups is 1. The van der Waals surface area contributed by atoms with E-state index < -0.39 is 0 Å². The normalized spacial score (nSPS) is 38.0. The number of amides is 1. The SMILES string of the molecule is C[C@@H]1CC[C@@H](NC(=O)C2CC2)C[C@H]1O.